The summed E-state index contributed by atoms with van der Waals surface area (Å²) in [7, 11) is 5.73. The van der Waals surface area contributed by atoms with E-state index in [1.165, 1.54) is 0 Å². The van der Waals surface area contributed by atoms with Gasteiger partial charge < -0.3 is 51.4 Å². The van der Waals surface area contributed by atoms with Crippen molar-refractivity contribution < 1.29 is 63.1 Å². The van der Waals surface area contributed by atoms with Gasteiger partial charge in [0.2, 0.25) is 29.5 Å². The molecule has 4 unspecified atom stereocenters. The van der Waals surface area contributed by atoms with Crippen molar-refractivity contribution in [2.24, 2.45) is 0 Å². The summed E-state index contributed by atoms with van der Waals surface area (Å²) >= 11 is 0. The molecule has 2 radical (unpaired) electrons. The minimum atomic E-state index is -1.39. The highest BCUT2D eigenvalue weighted by Crippen LogP contribution is 2.09. The fourth-order valence-corrected chi connectivity index (χ4v) is 4.32. The number of ether oxygens (including phenoxy) is 2. The normalized spacial score (nSPS) is 13.1. The monoisotopic (exact) mass is 727 g/mol. The first-order valence-electron chi connectivity index (χ1n) is 17.2. The number of carbonyl (C=O) groups excluding carboxylic acids is 5. The summed E-state index contributed by atoms with van der Waals surface area (Å²) in [5.41, 5.74) is 0. The maximum absolute atomic E-state index is 12.3. The Morgan fingerprint density at radius 3 is 1.65 bits per heavy atom. The van der Waals surface area contributed by atoms with Crippen LogP contribution in [0, 0.1) is 0 Å². The van der Waals surface area contributed by atoms with Gasteiger partial charge in [-0.25, -0.2) is 14.4 Å². The first-order valence-corrected chi connectivity index (χ1v) is 17.2. The standard InChI is InChI=1S/C32H54BN5O13/c1-3-5-9-26(40)36-24(32(48)49)11-13-27(41)37-23(31(46)47)10-12-25(39)35-15-16-50-17-18-51-20-29(43)38-22(30(44)45)8-6-7-14-34-28(42)19-21(33)4-2/h21-24H,3-20H2,1-2H3,(H,34,42)(H,35,39)(H,36,40)(H,37,41)(H,38,43)(H,44,45)(H,46,47)(H,48,49). The number of hydrogen-bond acceptors (Lipinski definition) is 10. The zero-order valence-corrected chi connectivity index (χ0v) is 29.5. The van der Waals surface area contributed by atoms with Crippen molar-refractivity contribution in [1.82, 2.24) is 26.6 Å². The maximum atomic E-state index is 12.3. The van der Waals surface area contributed by atoms with Crippen molar-refractivity contribution >= 4 is 55.3 Å². The zero-order chi connectivity index (χ0) is 38.6. The van der Waals surface area contributed by atoms with Gasteiger partial charge in [-0.1, -0.05) is 32.5 Å². The Morgan fingerprint density at radius 1 is 0.569 bits per heavy atom. The highest BCUT2D eigenvalue weighted by atomic mass is 16.5. The van der Waals surface area contributed by atoms with E-state index in [1.54, 1.807) is 0 Å². The molecule has 18 nitrogen and oxygen atoms in total. The molecule has 0 aromatic carbocycles. The molecule has 19 heteroatoms. The second-order valence-electron chi connectivity index (χ2n) is 11.8. The fourth-order valence-electron chi connectivity index (χ4n) is 4.32. The van der Waals surface area contributed by atoms with Crippen molar-refractivity contribution in [3.05, 3.63) is 0 Å². The first-order chi connectivity index (χ1) is 24.2. The van der Waals surface area contributed by atoms with Crippen molar-refractivity contribution in [2.75, 3.05) is 39.5 Å². The first kappa shape index (κ1) is 46.7. The molecule has 4 atom stereocenters. The van der Waals surface area contributed by atoms with Gasteiger partial charge in [0.15, 0.2) is 0 Å². The van der Waals surface area contributed by atoms with E-state index in [1.807, 2.05) is 13.8 Å². The van der Waals surface area contributed by atoms with Gasteiger partial charge >= 0.3 is 17.9 Å². The van der Waals surface area contributed by atoms with Crippen LogP contribution < -0.4 is 26.6 Å². The summed E-state index contributed by atoms with van der Waals surface area (Å²) in [6.07, 6.45) is 2.49. The Labute approximate surface area is 299 Å². The molecule has 0 aliphatic heterocycles. The number of carboxylic acid groups (broad SMARTS) is 3. The van der Waals surface area contributed by atoms with E-state index in [-0.39, 0.29) is 83.0 Å². The minimum absolute atomic E-state index is 0.0128. The van der Waals surface area contributed by atoms with Crippen LogP contribution >= 0.6 is 0 Å². The molecular weight excluding hydrogens is 673 g/mol. The quantitative estimate of drug-likeness (QED) is 0.0335. The van der Waals surface area contributed by atoms with Gasteiger partial charge in [-0.15, -0.1) is 0 Å². The molecular formula is C32H54BN5O13. The summed E-state index contributed by atoms with van der Waals surface area (Å²) in [6.45, 7) is 3.98. The van der Waals surface area contributed by atoms with Gasteiger partial charge in [0, 0.05) is 38.8 Å². The van der Waals surface area contributed by atoms with Gasteiger partial charge in [-0.2, -0.15) is 0 Å². The van der Waals surface area contributed by atoms with Gasteiger partial charge in [0.25, 0.3) is 0 Å². The van der Waals surface area contributed by atoms with E-state index in [9.17, 15) is 53.7 Å². The van der Waals surface area contributed by atoms with Crippen LogP contribution in [0.15, 0.2) is 0 Å². The lowest BCUT2D eigenvalue weighted by molar-refractivity contribution is -0.143. The molecule has 0 aliphatic rings. The molecule has 5 amide bonds. The number of amides is 5. The van der Waals surface area contributed by atoms with Gasteiger partial charge in [0.1, 0.15) is 24.7 Å². The molecule has 0 rings (SSSR count). The summed E-state index contributed by atoms with van der Waals surface area (Å²) < 4.78 is 10.5. The molecule has 0 fully saturated rings. The third kappa shape index (κ3) is 25.4. The highest BCUT2D eigenvalue weighted by molar-refractivity contribution is 6.13. The van der Waals surface area contributed by atoms with Crippen LogP contribution in [0.4, 0.5) is 0 Å². The molecule has 0 spiro atoms. The average molecular weight is 728 g/mol. The minimum Gasteiger partial charge on any atom is -0.480 e. The Bertz CT molecular complexity index is 1130. The molecule has 0 saturated heterocycles. The van der Waals surface area contributed by atoms with Crippen LogP contribution in [0.5, 0.6) is 0 Å². The topological polar surface area (TPSA) is 276 Å². The van der Waals surface area contributed by atoms with Crippen LogP contribution in [0.1, 0.15) is 90.9 Å². The molecule has 0 aromatic heterocycles. The molecule has 0 saturated carbocycles. The van der Waals surface area contributed by atoms with E-state index in [4.69, 9.17) is 17.3 Å². The lowest BCUT2D eigenvalue weighted by Gasteiger charge is -2.17. The lowest BCUT2D eigenvalue weighted by Crippen LogP contribution is -2.44. The van der Waals surface area contributed by atoms with E-state index >= 15 is 0 Å². The predicted octanol–water partition coefficient (Wildman–Crippen LogP) is -0.362. The molecule has 0 aromatic rings. The van der Waals surface area contributed by atoms with E-state index < -0.39 is 66.3 Å². The van der Waals surface area contributed by atoms with E-state index in [0.717, 1.165) is 6.42 Å². The third-order valence-electron chi connectivity index (χ3n) is 7.36. The Balaban J connectivity index is 4.19. The van der Waals surface area contributed by atoms with Crippen LogP contribution in [0.2, 0.25) is 5.82 Å². The number of rotatable bonds is 31. The van der Waals surface area contributed by atoms with Crippen LogP contribution in [-0.2, 0) is 47.8 Å². The van der Waals surface area contributed by atoms with Crippen LogP contribution in [0.25, 0.3) is 0 Å². The largest absolute Gasteiger partial charge is 0.480 e. The number of carboxylic acids is 3. The lowest BCUT2D eigenvalue weighted by atomic mass is 9.82. The predicted molar refractivity (Wildman–Crippen MR) is 183 cm³/mol. The van der Waals surface area contributed by atoms with E-state index in [0.29, 0.717) is 32.2 Å². The van der Waals surface area contributed by atoms with Crippen molar-refractivity contribution in [3.63, 3.8) is 0 Å². The molecule has 8 N–H and O–H groups in total. The van der Waals surface area contributed by atoms with Crippen molar-refractivity contribution in [3.8, 4) is 0 Å². The van der Waals surface area contributed by atoms with Gasteiger partial charge in [-0.3, -0.25) is 24.0 Å². The van der Waals surface area contributed by atoms with Crippen molar-refractivity contribution in [1.29, 1.82) is 0 Å². The third-order valence-corrected chi connectivity index (χ3v) is 7.36. The van der Waals surface area contributed by atoms with Gasteiger partial charge in [-0.05, 0) is 38.5 Å². The summed E-state index contributed by atoms with van der Waals surface area (Å²) in [5, 5.41) is 40.3. The fraction of sp³-hybridized carbons (Fsp3) is 0.750. The molecule has 0 heterocycles. The second kappa shape index (κ2) is 28.4. The Kier molecular flexibility index (Phi) is 26.1. The second-order valence-corrected chi connectivity index (χ2v) is 11.8. The molecule has 0 aliphatic carbocycles. The van der Waals surface area contributed by atoms with Crippen LogP contribution in [-0.4, -0.2) is 128 Å². The Hall–Kier alpha value is -4.26. The number of nitrogens with one attached hydrogen (secondary N) is 5. The number of aliphatic carboxylic acids is 3. The van der Waals surface area contributed by atoms with Crippen LogP contribution in [0.3, 0.4) is 0 Å². The van der Waals surface area contributed by atoms with Gasteiger partial charge in [0.05, 0.1) is 27.7 Å². The molecule has 51 heavy (non-hydrogen) atoms. The summed E-state index contributed by atoms with van der Waals surface area (Å²) in [6, 6.07) is -3.80. The zero-order valence-electron chi connectivity index (χ0n) is 29.5. The Morgan fingerprint density at radius 2 is 1.08 bits per heavy atom. The summed E-state index contributed by atoms with van der Waals surface area (Å²) in [5.74, 6) is -6.58. The SMILES string of the molecule is [B]C(CC)CC(=O)NCCCCC(NC(=O)COCCOCCNC(=O)CCC(NC(=O)CCC(NC(=O)CCCC)C(=O)O)C(=O)O)C(=O)O. The summed E-state index contributed by atoms with van der Waals surface area (Å²) in [4.78, 5) is 94.5. The maximum Gasteiger partial charge on any atom is 0.326 e. The number of unbranched alkanes of at least 4 members (excludes halogenated alkanes) is 2. The highest BCUT2D eigenvalue weighted by Gasteiger charge is 2.24. The molecule has 0 bridgehead atoms. The smallest absolute Gasteiger partial charge is 0.326 e. The molecule has 288 valence electrons. The van der Waals surface area contributed by atoms with Crippen molar-refractivity contribution in [2.45, 2.75) is 115 Å². The van der Waals surface area contributed by atoms with E-state index in [2.05, 4.69) is 26.6 Å². The number of hydrogen-bond donors (Lipinski definition) is 8. The average Bonchev–Trinajstić information content (AvgIpc) is 3.07. The number of carbonyl (C=O) groups is 8.